The summed E-state index contributed by atoms with van der Waals surface area (Å²) in [5.41, 5.74) is 0. The van der Waals surface area contributed by atoms with Crippen molar-refractivity contribution < 1.29 is 9.90 Å². The Morgan fingerprint density at radius 2 is 2.33 bits per heavy atom. The molecule has 0 bridgehead atoms. The van der Waals surface area contributed by atoms with Gasteiger partial charge in [-0.1, -0.05) is 23.1 Å². The zero-order chi connectivity index (χ0) is 11.4. The molecule has 8 heteroatoms. The first-order valence-corrected chi connectivity index (χ1v) is 6.25. The Balaban J connectivity index is 2.47. The van der Waals surface area contributed by atoms with Crippen molar-refractivity contribution in [1.82, 2.24) is 10.2 Å². The number of hydrogen-bond acceptors (Lipinski definition) is 6. The van der Waals surface area contributed by atoms with Gasteiger partial charge in [0.05, 0.1) is 0 Å². The van der Waals surface area contributed by atoms with E-state index in [2.05, 4.69) is 10.2 Å². The topological polar surface area (TPSA) is 66.3 Å². The Labute approximate surface area is 100 Å². The van der Waals surface area contributed by atoms with Crippen molar-refractivity contribution in [3.8, 4) is 0 Å². The maximum atomic E-state index is 10.4. The van der Waals surface area contributed by atoms with Crippen molar-refractivity contribution >= 4 is 45.8 Å². The second-order valence-corrected chi connectivity index (χ2v) is 5.61. The van der Waals surface area contributed by atoms with Gasteiger partial charge in [0.15, 0.2) is 4.34 Å². The van der Waals surface area contributed by atoms with Gasteiger partial charge in [-0.15, -0.1) is 21.8 Å². The zero-order valence-electron chi connectivity index (χ0n) is 8.18. The van der Waals surface area contributed by atoms with Crippen LogP contribution in [0.3, 0.4) is 0 Å². The molecule has 1 atom stereocenters. The molecule has 0 aliphatic heterocycles. The van der Waals surface area contributed by atoms with Crippen LogP contribution in [0.15, 0.2) is 4.34 Å². The molecule has 1 heterocycles. The molecule has 15 heavy (non-hydrogen) atoms. The highest BCUT2D eigenvalue weighted by atomic mass is 35.5. The molecular weight excluding hydrogens is 258 g/mol. The Morgan fingerprint density at radius 1 is 1.67 bits per heavy atom. The Kier molecular flexibility index (Phi) is 4.62. The van der Waals surface area contributed by atoms with Gasteiger partial charge in [-0.05, 0) is 0 Å². The van der Waals surface area contributed by atoms with Crippen molar-refractivity contribution in [1.29, 1.82) is 0 Å². The maximum Gasteiger partial charge on any atom is 0.322 e. The van der Waals surface area contributed by atoms with E-state index >= 15 is 0 Å². The fourth-order valence-electron chi connectivity index (χ4n) is 0.657. The Morgan fingerprint density at radius 3 is 2.80 bits per heavy atom. The van der Waals surface area contributed by atoms with E-state index in [1.165, 1.54) is 23.1 Å². The molecule has 1 unspecified atom stereocenters. The van der Waals surface area contributed by atoms with Crippen LogP contribution in [0.4, 0.5) is 5.13 Å². The van der Waals surface area contributed by atoms with E-state index in [0.717, 1.165) is 9.47 Å². The van der Waals surface area contributed by atoms with Crippen LogP contribution in [0.2, 0.25) is 0 Å². The number of hydrogen-bond donors (Lipinski definition) is 1. The third-order valence-corrected chi connectivity index (χ3v) is 4.24. The quantitative estimate of drug-likeness (QED) is 0.642. The predicted molar refractivity (Wildman–Crippen MR) is 62.2 cm³/mol. The van der Waals surface area contributed by atoms with Gasteiger partial charge in [-0.25, -0.2) is 0 Å². The molecule has 0 aromatic carbocycles. The number of aromatic nitrogens is 2. The van der Waals surface area contributed by atoms with E-state index in [-0.39, 0.29) is 0 Å². The molecule has 0 saturated carbocycles. The highest BCUT2D eigenvalue weighted by Crippen LogP contribution is 2.27. The third-order valence-electron chi connectivity index (χ3n) is 1.40. The summed E-state index contributed by atoms with van der Waals surface area (Å²) in [6.07, 6.45) is 0. The smallest absolute Gasteiger partial charge is 0.322 e. The molecule has 84 valence electrons. The average Bonchev–Trinajstić information content (AvgIpc) is 2.62. The van der Waals surface area contributed by atoms with Crippen LogP contribution in [0.5, 0.6) is 0 Å². The molecule has 5 nitrogen and oxygen atoms in total. The highest BCUT2D eigenvalue weighted by Gasteiger charge is 2.15. The summed E-state index contributed by atoms with van der Waals surface area (Å²) in [5.74, 6) is -0.722. The van der Waals surface area contributed by atoms with Gasteiger partial charge in [0.1, 0.15) is 5.38 Å². The highest BCUT2D eigenvalue weighted by molar-refractivity contribution is 8.01. The average molecular weight is 268 g/mol. The summed E-state index contributed by atoms with van der Waals surface area (Å²) in [7, 11) is 3.74. The number of rotatable bonds is 5. The number of thioether (sulfide) groups is 1. The molecule has 1 N–H and O–H groups in total. The van der Waals surface area contributed by atoms with Crippen LogP contribution in [-0.2, 0) is 4.79 Å². The maximum absolute atomic E-state index is 10.4. The van der Waals surface area contributed by atoms with Gasteiger partial charge in [0.25, 0.3) is 0 Å². The van der Waals surface area contributed by atoms with E-state index in [4.69, 9.17) is 16.7 Å². The molecule has 0 saturated heterocycles. The van der Waals surface area contributed by atoms with Crippen molar-refractivity contribution in [3.63, 3.8) is 0 Å². The lowest BCUT2D eigenvalue weighted by molar-refractivity contribution is -0.136. The van der Waals surface area contributed by atoms with Gasteiger partial charge in [0.2, 0.25) is 5.13 Å². The molecule has 0 radical (unpaired) electrons. The van der Waals surface area contributed by atoms with Crippen LogP contribution < -0.4 is 4.90 Å². The lowest BCUT2D eigenvalue weighted by Crippen LogP contribution is -2.15. The number of alkyl halides is 1. The second-order valence-electron chi connectivity index (χ2n) is 2.86. The molecule has 0 amide bonds. The first kappa shape index (κ1) is 12.5. The van der Waals surface area contributed by atoms with Crippen LogP contribution in [0.1, 0.15) is 0 Å². The lowest BCUT2D eigenvalue weighted by atomic mass is 10.5. The fourth-order valence-corrected chi connectivity index (χ4v) is 2.54. The van der Waals surface area contributed by atoms with Crippen molar-refractivity contribution in [2.75, 3.05) is 24.7 Å². The van der Waals surface area contributed by atoms with Crippen molar-refractivity contribution in [2.45, 2.75) is 9.72 Å². The number of carboxylic acids is 1. The van der Waals surface area contributed by atoms with Crippen molar-refractivity contribution in [3.05, 3.63) is 0 Å². The molecule has 0 aliphatic carbocycles. The third kappa shape index (κ3) is 3.84. The SMILES string of the molecule is CN(C)c1nnc(SCC(Cl)C(=O)O)s1. The van der Waals surface area contributed by atoms with Gasteiger partial charge < -0.3 is 10.0 Å². The van der Waals surface area contributed by atoms with E-state index in [1.807, 2.05) is 19.0 Å². The molecule has 0 aliphatic rings. The Hall–Kier alpha value is -0.530. The molecular formula is C7H10ClN3O2S2. The lowest BCUT2D eigenvalue weighted by Gasteiger charge is -2.03. The summed E-state index contributed by atoms with van der Waals surface area (Å²) < 4.78 is 0.727. The number of carboxylic acid groups (broad SMARTS) is 1. The largest absolute Gasteiger partial charge is 0.480 e. The minimum atomic E-state index is -1.01. The molecule has 1 aromatic heterocycles. The summed E-state index contributed by atoms with van der Waals surface area (Å²) in [6.45, 7) is 0. The first-order valence-electron chi connectivity index (χ1n) is 4.01. The zero-order valence-corrected chi connectivity index (χ0v) is 10.6. The van der Waals surface area contributed by atoms with E-state index in [1.54, 1.807) is 0 Å². The monoisotopic (exact) mass is 267 g/mol. The summed E-state index contributed by atoms with van der Waals surface area (Å²) >= 11 is 8.27. The summed E-state index contributed by atoms with van der Waals surface area (Å²) in [5, 5.41) is 16.3. The number of halogens is 1. The Bertz CT molecular complexity index is 345. The van der Waals surface area contributed by atoms with Crippen LogP contribution in [-0.4, -0.2) is 46.5 Å². The van der Waals surface area contributed by atoms with E-state index in [0.29, 0.717) is 5.75 Å². The molecule has 1 aromatic rings. The predicted octanol–water partition coefficient (Wildman–Crippen LogP) is 1.39. The molecule has 1 rings (SSSR count). The second kappa shape index (κ2) is 5.53. The van der Waals surface area contributed by atoms with Gasteiger partial charge in [-0.2, -0.15) is 0 Å². The molecule has 0 spiro atoms. The fraction of sp³-hybridized carbons (Fsp3) is 0.571. The normalized spacial score (nSPS) is 12.5. The number of aliphatic carboxylic acids is 1. The van der Waals surface area contributed by atoms with Crippen LogP contribution >= 0.6 is 34.7 Å². The van der Waals surface area contributed by atoms with Gasteiger partial charge in [-0.3, -0.25) is 4.79 Å². The van der Waals surface area contributed by atoms with Crippen LogP contribution in [0.25, 0.3) is 0 Å². The van der Waals surface area contributed by atoms with Crippen molar-refractivity contribution in [2.24, 2.45) is 0 Å². The minimum absolute atomic E-state index is 0.291. The number of nitrogens with zero attached hydrogens (tertiary/aromatic N) is 3. The standard InChI is InChI=1S/C7H10ClN3O2S2/c1-11(2)6-9-10-7(15-6)14-3-4(8)5(12)13/h4H,3H2,1-2H3,(H,12,13). The number of carbonyl (C=O) groups is 1. The van der Waals surface area contributed by atoms with E-state index in [9.17, 15) is 4.79 Å². The van der Waals surface area contributed by atoms with E-state index < -0.39 is 11.3 Å². The summed E-state index contributed by atoms with van der Waals surface area (Å²) in [6, 6.07) is 0. The number of anilines is 1. The van der Waals surface area contributed by atoms with Gasteiger partial charge in [0, 0.05) is 19.8 Å². The minimum Gasteiger partial charge on any atom is -0.480 e. The van der Waals surface area contributed by atoms with Gasteiger partial charge >= 0.3 is 5.97 Å². The summed E-state index contributed by atoms with van der Waals surface area (Å²) in [4.78, 5) is 12.3. The molecule has 0 fully saturated rings. The first-order chi connectivity index (χ1) is 7.00. The van der Waals surface area contributed by atoms with Crippen LogP contribution in [0, 0.1) is 0 Å².